The molecule has 6 nitrogen and oxygen atoms in total. The minimum atomic E-state index is -0.763. The molecule has 2 fully saturated rings. The Labute approximate surface area is 212 Å². The van der Waals surface area contributed by atoms with Crippen molar-refractivity contribution in [3.05, 3.63) is 71.0 Å². The van der Waals surface area contributed by atoms with Gasteiger partial charge in [0, 0.05) is 30.8 Å². The summed E-state index contributed by atoms with van der Waals surface area (Å²) in [7, 11) is 1.19. The maximum absolute atomic E-state index is 14.5. The number of ketones is 1. The number of hydrogen-bond acceptors (Lipinski definition) is 5. The Morgan fingerprint density at radius 3 is 2.36 bits per heavy atom. The fourth-order valence-electron chi connectivity index (χ4n) is 5.86. The molecule has 1 amide bonds. The average Bonchev–Trinajstić information content (AvgIpc) is 3.34. The number of carbonyl (C=O) groups is 3. The van der Waals surface area contributed by atoms with E-state index in [0.29, 0.717) is 24.4 Å². The van der Waals surface area contributed by atoms with Gasteiger partial charge in [-0.05, 0) is 68.2 Å². The summed E-state index contributed by atoms with van der Waals surface area (Å²) in [6.07, 6.45) is 4.12. The smallest absolute Gasteiger partial charge is 0.340 e. The van der Waals surface area contributed by atoms with E-state index in [0.717, 1.165) is 31.2 Å². The molecular weight excluding hydrogens is 459 g/mol. The Balaban J connectivity index is 1.55. The predicted octanol–water partition coefficient (Wildman–Crippen LogP) is 4.26. The average molecular weight is 495 g/mol. The van der Waals surface area contributed by atoms with Gasteiger partial charge in [0.1, 0.15) is 5.82 Å². The van der Waals surface area contributed by atoms with E-state index in [2.05, 4.69) is 4.74 Å². The van der Waals surface area contributed by atoms with Crippen LogP contribution in [0.3, 0.4) is 0 Å². The van der Waals surface area contributed by atoms with Crippen molar-refractivity contribution in [1.82, 2.24) is 4.90 Å². The molecule has 2 aromatic carbocycles. The maximum atomic E-state index is 14.5. The number of Topliss-reactive ketones (excluding diaryl/α,β-unsaturated/α-hetero) is 1. The Hall–Kier alpha value is -3.06. The third-order valence-electron chi connectivity index (χ3n) is 7.92. The van der Waals surface area contributed by atoms with E-state index in [1.807, 2.05) is 37.3 Å². The molecule has 3 atom stereocenters. The molecule has 0 aromatic heterocycles. The molecule has 2 aliphatic rings. The van der Waals surface area contributed by atoms with Crippen LogP contribution >= 0.6 is 0 Å². The first-order chi connectivity index (χ1) is 17.3. The van der Waals surface area contributed by atoms with Crippen LogP contribution in [0.5, 0.6) is 0 Å². The Bertz CT molecular complexity index is 1100. The summed E-state index contributed by atoms with van der Waals surface area (Å²) in [5, 5.41) is 0. The van der Waals surface area contributed by atoms with Gasteiger partial charge in [0.05, 0.1) is 18.7 Å². The topological polar surface area (TPSA) is 89.7 Å². The summed E-state index contributed by atoms with van der Waals surface area (Å²) in [6.45, 7) is 2.55. The first-order valence-corrected chi connectivity index (χ1v) is 12.8. The summed E-state index contributed by atoms with van der Waals surface area (Å²) >= 11 is 0. The molecule has 1 saturated heterocycles. The number of halogens is 1. The molecule has 4 rings (SSSR count). The summed E-state index contributed by atoms with van der Waals surface area (Å²) < 4.78 is 19.1. The highest BCUT2D eigenvalue weighted by molar-refractivity contribution is 5.93. The van der Waals surface area contributed by atoms with Crippen LogP contribution in [0.4, 0.5) is 4.39 Å². The molecule has 1 saturated carbocycles. The van der Waals surface area contributed by atoms with Gasteiger partial charge in [0.15, 0.2) is 5.78 Å². The second-order valence-electron chi connectivity index (χ2n) is 10.2. The number of rotatable bonds is 7. The second kappa shape index (κ2) is 11.3. The van der Waals surface area contributed by atoms with E-state index in [1.165, 1.54) is 19.2 Å². The van der Waals surface area contributed by atoms with Gasteiger partial charge in [-0.3, -0.25) is 9.59 Å². The number of hydrogen-bond donors (Lipinski definition) is 1. The Morgan fingerprint density at radius 1 is 1.06 bits per heavy atom. The lowest BCUT2D eigenvalue weighted by atomic mass is 9.78. The molecule has 1 heterocycles. The molecule has 1 aliphatic carbocycles. The number of ether oxygens (including phenoxy) is 1. The van der Waals surface area contributed by atoms with Crippen LogP contribution in [0.25, 0.3) is 0 Å². The highest BCUT2D eigenvalue weighted by Crippen LogP contribution is 2.38. The fourth-order valence-corrected chi connectivity index (χ4v) is 5.86. The summed E-state index contributed by atoms with van der Waals surface area (Å²) in [5.74, 6) is -1.34. The third-order valence-corrected chi connectivity index (χ3v) is 7.92. The van der Waals surface area contributed by atoms with Crippen LogP contribution in [-0.4, -0.2) is 48.3 Å². The Morgan fingerprint density at radius 2 is 1.75 bits per heavy atom. The van der Waals surface area contributed by atoms with Crippen molar-refractivity contribution in [2.75, 3.05) is 13.7 Å². The van der Waals surface area contributed by atoms with E-state index >= 15 is 0 Å². The molecule has 192 valence electrons. The van der Waals surface area contributed by atoms with Gasteiger partial charge < -0.3 is 15.4 Å². The zero-order chi connectivity index (χ0) is 25.8. The zero-order valence-corrected chi connectivity index (χ0v) is 21.0. The van der Waals surface area contributed by atoms with Crippen LogP contribution in [0.15, 0.2) is 48.5 Å². The number of amides is 1. The van der Waals surface area contributed by atoms with Crippen LogP contribution in [0.2, 0.25) is 0 Å². The van der Waals surface area contributed by atoms with Gasteiger partial charge >= 0.3 is 5.97 Å². The normalized spacial score (nSPS) is 24.8. The molecule has 0 radical (unpaired) electrons. The van der Waals surface area contributed by atoms with E-state index < -0.39 is 17.8 Å². The summed E-state index contributed by atoms with van der Waals surface area (Å²) in [6, 6.07) is 13.4. The van der Waals surface area contributed by atoms with Crippen molar-refractivity contribution in [1.29, 1.82) is 0 Å². The molecular formula is C29H35FN2O4. The number of benzene rings is 2. The third kappa shape index (κ3) is 5.51. The minimum Gasteiger partial charge on any atom is -0.465 e. The lowest BCUT2D eigenvalue weighted by Gasteiger charge is -2.34. The Kier molecular flexibility index (Phi) is 8.19. The van der Waals surface area contributed by atoms with Gasteiger partial charge in [-0.15, -0.1) is 0 Å². The van der Waals surface area contributed by atoms with Crippen molar-refractivity contribution >= 4 is 17.7 Å². The van der Waals surface area contributed by atoms with Crippen molar-refractivity contribution < 1.29 is 23.5 Å². The number of esters is 1. The zero-order valence-electron chi connectivity index (χ0n) is 21.0. The van der Waals surface area contributed by atoms with E-state index in [1.54, 1.807) is 11.0 Å². The first-order valence-electron chi connectivity index (χ1n) is 12.8. The van der Waals surface area contributed by atoms with Gasteiger partial charge in [0.25, 0.3) is 0 Å². The minimum absolute atomic E-state index is 0.0203. The van der Waals surface area contributed by atoms with Crippen LogP contribution in [0.1, 0.15) is 66.4 Å². The predicted molar refractivity (Wildman–Crippen MR) is 135 cm³/mol. The van der Waals surface area contributed by atoms with E-state index in [4.69, 9.17) is 5.73 Å². The molecule has 0 bridgehead atoms. The number of methoxy groups -OCH3 is 1. The van der Waals surface area contributed by atoms with Gasteiger partial charge in [-0.2, -0.15) is 0 Å². The van der Waals surface area contributed by atoms with Gasteiger partial charge in [-0.1, -0.05) is 36.4 Å². The van der Waals surface area contributed by atoms with Crippen LogP contribution in [0, 0.1) is 17.7 Å². The molecule has 2 N–H and O–H groups in total. The molecule has 1 unspecified atom stereocenters. The number of likely N-dealkylation sites (tertiary alicyclic amines) is 1. The largest absolute Gasteiger partial charge is 0.465 e. The van der Waals surface area contributed by atoms with Crippen molar-refractivity contribution in [2.24, 2.45) is 17.6 Å². The van der Waals surface area contributed by atoms with Gasteiger partial charge in [-0.25, -0.2) is 9.18 Å². The monoisotopic (exact) mass is 494 g/mol. The van der Waals surface area contributed by atoms with Crippen LogP contribution in [-0.2, 0) is 20.7 Å². The number of nitrogens with zero attached hydrogens (tertiary/aromatic N) is 1. The van der Waals surface area contributed by atoms with Crippen LogP contribution < -0.4 is 5.73 Å². The molecule has 0 spiro atoms. The number of nitrogens with two attached hydrogens (primary N) is 1. The van der Waals surface area contributed by atoms with Crippen molar-refractivity contribution in [3.63, 3.8) is 0 Å². The number of carbonyl (C=O) groups excluding carboxylic acids is 3. The molecule has 2 aromatic rings. The lowest BCUT2D eigenvalue weighted by Crippen LogP contribution is -2.47. The summed E-state index contributed by atoms with van der Waals surface area (Å²) in [5.41, 5.74) is 7.40. The second-order valence-corrected chi connectivity index (χ2v) is 10.2. The first kappa shape index (κ1) is 26.0. The highest BCUT2D eigenvalue weighted by atomic mass is 19.1. The van der Waals surface area contributed by atoms with E-state index in [-0.39, 0.29) is 41.6 Å². The lowest BCUT2D eigenvalue weighted by molar-refractivity contribution is -0.142. The van der Waals surface area contributed by atoms with Crippen molar-refractivity contribution in [2.45, 2.75) is 63.5 Å². The quantitative estimate of drug-likeness (QED) is 0.581. The van der Waals surface area contributed by atoms with Gasteiger partial charge in [0.2, 0.25) is 5.91 Å². The van der Waals surface area contributed by atoms with E-state index in [9.17, 15) is 18.8 Å². The molecule has 7 heteroatoms. The standard InChI is InChI=1S/C29H35FN2O4/c1-18(31)20-9-11-22(12-10-20)28(34)32-15-14-23(21-6-4-3-5-7-21)27(32)26(33)17-19-8-13-24(25(30)16-19)29(35)36-2/h3-8,13,16,18,20,22-23,27H,9-12,14-15,17,31H2,1-2H3/t18?,20?,22?,23-,27-/m0/s1. The van der Waals surface area contributed by atoms with Crippen molar-refractivity contribution in [3.8, 4) is 0 Å². The molecule has 1 aliphatic heterocycles. The SMILES string of the molecule is COC(=O)c1ccc(CC(=O)[C@@H]2[C@H](c3ccccc3)CCN2C(=O)C2CCC(C(C)N)CC2)cc1F. The molecule has 36 heavy (non-hydrogen) atoms. The maximum Gasteiger partial charge on any atom is 0.340 e. The fraction of sp³-hybridized carbons (Fsp3) is 0.483. The highest BCUT2D eigenvalue weighted by Gasteiger charge is 2.44. The summed E-state index contributed by atoms with van der Waals surface area (Å²) in [4.78, 5) is 40.9.